The molecule has 144 valence electrons. The first kappa shape index (κ1) is 20.6. The molecule has 0 bridgehead atoms. The lowest BCUT2D eigenvalue weighted by atomic mass is 10.0. The second-order valence-electron chi connectivity index (χ2n) is 6.61. The number of hydrogen-bond donors (Lipinski definition) is 3. The summed E-state index contributed by atoms with van der Waals surface area (Å²) in [5, 5.41) is 5.95. The van der Waals surface area contributed by atoms with Crippen LogP contribution in [0.25, 0.3) is 0 Å². The molecule has 0 atom stereocenters. The first-order valence-corrected chi connectivity index (χ1v) is 8.81. The fourth-order valence-electron chi connectivity index (χ4n) is 3.10. The summed E-state index contributed by atoms with van der Waals surface area (Å²) in [5.74, 6) is -0.109. The molecular formula is C20H25ClN4O2. The SMILES string of the molecule is Cc1ccc(N)cc1C(=O)NC1CCN(C(=O)Nc2ccccc2)CC1.Cl. The van der Waals surface area contributed by atoms with E-state index in [1.165, 1.54) is 0 Å². The summed E-state index contributed by atoms with van der Waals surface area (Å²) in [6.45, 7) is 3.12. The lowest BCUT2D eigenvalue weighted by Gasteiger charge is -2.32. The van der Waals surface area contributed by atoms with Crippen LogP contribution in [0.1, 0.15) is 28.8 Å². The van der Waals surface area contributed by atoms with E-state index in [1.54, 1.807) is 17.0 Å². The normalized spacial score (nSPS) is 14.2. The van der Waals surface area contributed by atoms with Crippen molar-refractivity contribution < 1.29 is 9.59 Å². The number of amides is 3. The molecule has 2 aromatic carbocycles. The van der Waals surface area contributed by atoms with Crippen molar-refractivity contribution in [3.8, 4) is 0 Å². The van der Waals surface area contributed by atoms with Gasteiger partial charge < -0.3 is 21.3 Å². The molecule has 2 aromatic rings. The van der Waals surface area contributed by atoms with Crippen LogP contribution in [0.5, 0.6) is 0 Å². The highest BCUT2D eigenvalue weighted by Gasteiger charge is 2.24. The zero-order chi connectivity index (χ0) is 18.5. The molecule has 0 spiro atoms. The number of nitrogens with one attached hydrogen (secondary N) is 2. The Morgan fingerprint density at radius 2 is 1.74 bits per heavy atom. The van der Waals surface area contributed by atoms with E-state index in [9.17, 15) is 9.59 Å². The summed E-state index contributed by atoms with van der Waals surface area (Å²) in [6.07, 6.45) is 1.46. The average Bonchev–Trinajstić information content (AvgIpc) is 2.65. The monoisotopic (exact) mass is 388 g/mol. The largest absolute Gasteiger partial charge is 0.399 e. The maximum absolute atomic E-state index is 12.5. The van der Waals surface area contributed by atoms with Crippen molar-refractivity contribution in [2.24, 2.45) is 0 Å². The van der Waals surface area contributed by atoms with Gasteiger partial charge in [0.05, 0.1) is 0 Å². The number of aryl methyl sites for hydroxylation is 1. The third-order valence-corrected chi connectivity index (χ3v) is 4.65. The van der Waals surface area contributed by atoms with Gasteiger partial charge in [-0.25, -0.2) is 4.79 Å². The quantitative estimate of drug-likeness (QED) is 0.704. The standard InChI is InChI=1S/C20H24N4O2.ClH/c1-14-7-8-15(21)13-18(14)19(25)22-17-9-11-24(12-10-17)20(26)23-16-5-3-2-4-6-16;/h2-8,13,17H,9-12,21H2,1H3,(H,22,25)(H,23,26);1H. The molecule has 6 nitrogen and oxygen atoms in total. The predicted molar refractivity (Wildman–Crippen MR) is 110 cm³/mol. The van der Waals surface area contributed by atoms with Crippen LogP contribution in [0.2, 0.25) is 0 Å². The minimum atomic E-state index is -0.109. The molecule has 0 saturated carbocycles. The number of carbonyl (C=O) groups is 2. The molecule has 1 aliphatic heterocycles. The van der Waals surface area contributed by atoms with E-state index in [0.717, 1.165) is 24.1 Å². The molecule has 0 radical (unpaired) electrons. The van der Waals surface area contributed by atoms with Gasteiger partial charge in [-0.05, 0) is 49.6 Å². The lowest BCUT2D eigenvalue weighted by Crippen LogP contribution is -2.47. The van der Waals surface area contributed by atoms with Gasteiger partial charge in [-0.1, -0.05) is 24.3 Å². The molecule has 3 rings (SSSR count). The van der Waals surface area contributed by atoms with E-state index < -0.39 is 0 Å². The summed E-state index contributed by atoms with van der Waals surface area (Å²) in [6, 6.07) is 14.7. The number of likely N-dealkylation sites (tertiary alicyclic amines) is 1. The number of carbonyl (C=O) groups excluding carboxylic acids is 2. The molecular weight excluding hydrogens is 364 g/mol. The molecule has 27 heavy (non-hydrogen) atoms. The molecule has 1 heterocycles. The third kappa shape index (κ3) is 5.37. The van der Waals surface area contributed by atoms with Crippen molar-refractivity contribution in [3.63, 3.8) is 0 Å². The van der Waals surface area contributed by atoms with E-state index >= 15 is 0 Å². The van der Waals surface area contributed by atoms with Crippen LogP contribution in [-0.2, 0) is 0 Å². The van der Waals surface area contributed by atoms with Gasteiger partial charge in [0.1, 0.15) is 0 Å². The molecule has 0 aliphatic carbocycles. The molecule has 1 saturated heterocycles. The fraction of sp³-hybridized carbons (Fsp3) is 0.300. The predicted octanol–water partition coefficient (Wildman–Crippen LogP) is 3.43. The lowest BCUT2D eigenvalue weighted by molar-refractivity contribution is 0.0918. The summed E-state index contributed by atoms with van der Waals surface area (Å²) in [4.78, 5) is 26.6. The molecule has 1 fully saturated rings. The number of para-hydroxylation sites is 1. The van der Waals surface area contributed by atoms with E-state index in [1.807, 2.05) is 43.3 Å². The van der Waals surface area contributed by atoms with Gasteiger partial charge in [-0.15, -0.1) is 12.4 Å². The van der Waals surface area contributed by atoms with E-state index in [4.69, 9.17) is 5.73 Å². The number of hydrogen-bond acceptors (Lipinski definition) is 3. The van der Waals surface area contributed by atoms with Crippen molar-refractivity contribution in [1.82, 2.24) is 10.2 Å². The second-order valence-corrected chi connectivity index (χ2v) is 6.61. The Balaban J connectivity index is 0.00000261. The highest BCUT2D eigenvalue weighted by atomic mass is 35.5. The van der Waals surface area contributed by atoms with Gasteiger partial charge >= 0.3 is 6.03 Å². The smallest absolute Gasteiger partial charge is 0.321 e. The van der Waals surface area contributed by atoms with Gasteiger partial charge in [-0.3, -0.25) is 4.79 Å². The number of anilines is 2. The van der Waals surface area contributed by atoms with Crippen LogP contribution in [-0.4, -0.2) is 36.0 Å². The number of benzene rings is 2. The summed E-state index contributed by atoms with van der Waals surface area (Å²) >= 11 is 0. The van der Waals surface area contributed by atoms with Gasteiger partial charge in [-0.2, -0.15) is 0 Å². The Kier molecular flexibility index (Phi) is 7.07. The maximum atomic E-state index is 12.5. The molecule has 3 amide bonds. The number of halogens is 1. The highest BCUT2D eigenvalue weighted by Crippen LogP contribution is 2.16. The van der Waals surface area contributed by atoms with E-state index in [-0.39, 0.29) is 30.4 Å². The minimum absolute atomic E-state index is 0. The molecule has 7 heteroatoms. The number of nitrogens with two attached hydrogens (primary N) is 1. The van der Waals surface area contributed by atoms with Crippen LogP contribution in [0.4, 0.5) is 16.2 Å². The molecule has 0 aromatic heterocycles. The van der Waals surface area contributed by atoms with Gasteiger partial charge in [0.2, 0.25) is 0 Å². The number of rotatable bonds is 3. The number of urea groups is 1. The first-order chi connectivity index (χ1) is 12.5. The Bertz CT molecular complexity index is 790. The summed E-state index contributed by atoms with van der Waals surface area (Å²) in [5.41, 5.74) is 8.65. The molecule has 4 N–H and O–H groups in total. The van der Waals surface area contributed by atoms with Crippen LogP contribution in [0.3, 0.4) is 0 Å². The average molecular weight is 389 g/mol. The molecule has 0 unspecified atom stereocenters. The number of nitrogens with zero attached hydrogens (tertiary/aromatic N) is 1. The Morgan fingerprint density at radius 3 is 2.41 bits per heavy atom. The zero-order valence-electron chi connectivity index (χ0n) is 15.3. The van der Waals surface area contributed by atoms with Crippen molar-refractivity contribution >= 4 is 35.7 Å². The Hall–Kier alpha value is -2.73. The summed E-state index contributed by atoms with van der Waals surface area (Å²) < 4.78 is 0. The van der Waals surface area contributed by atoms with Crippen molar-refractivity contribution in [2.45, 2.75) is 25.8 Å². The van der Waals surface area contributed by atoms with Crippen molar-refractivity contribution in [1.29, 1.82) is 0 Å². The summed E-state index contributed by atoms with van der Waals surface area (Å²) in [7, 11) is 0. The van der Waals surface area contributed by atoms with E-state index in [2.05, 4.69) is 10.6 Å². The second kappa shape index (κ2) is 9.28. The van der Waals surface area contributed by atoms with Crippen LogP contribution < -0.4 is 16.4 Å². The van der Waals surface area contributed by atoms with Crippen LogP contribution in [0.15, 0.2) is 48.5 Å². The maximum Gasteiger partial charge on any atom is 0.321 e. The van der Waals surface area contributed by atoms with Gasteiger partial charge in [0.25, 0.3) is 5.91 Å². The van der Waals surface area contributed by atoms with Gasteiger partial charge in [0, 0.05) is 36.1 Å². The Labute approximate surface area is 165 Å². The minimum Gasteiger partial charge on any atom is -0.399 e. The van der Waals surface area contributed by atoms with Crippen molar-refractivity contribution in [3.05, 3.63) is 59.7 Å². The van der Waals surface area contributed by atoms with Crippen LogP contribution >= 0.6 is 12.4 Å². The number of nitrogen functional groups attached to an aromatic ring is 1. The van der Waals surface area contributed by atoms with Crippen molar-refractivity contribution in [2.75, 3.05) is 24.1 Å². The zero-order valence-corrected chi connectivity index (χ0v) is 16.1. The van der Waals surface area contributed by atoms with E-state index in [0.29, 0.717) is 24.3 Å². The highest BCUT2D eigenvalue weighted by molar-refractivity contribution is 5.96. The topological polar surface area (TPSA) is 87.5 Å². The fourth-order valence-corrected chi connectivity index (χ4v) is 3.10. The molecule has 1 aliphatic rings. The van der Waals surface area contributed by atoms with Gasteiger partial charge in [0.15, 0.2) is 0 Å². The third-order valence-electron chi connectivity index (χ3n) is 4.65. The Morgan fingerprint density at radius 1 is 1.07 bits per heavy atom. The number of piperidine rings is 1. The van der Waals surface area contributed by atoms with Crippen LogP contribution in [0, 0.1) is 6.92 Å². The first-order valence-electron chi connectivity index (χ1n) is 8.81.